The van der Waals surface area contributed by atoms with Crippen LogP contribution < -0.4 is 5.73 Å². The minimum atomic E-state index is -0.245. The summed E-state index contributed by atoms with van der Waals surface area (Å²) in [6, 6.07) is 6.68. The maximum absolute atomic E-state index is 13.6. The number of aromatic nitrogens is 3. The van der Waals surface area contributed by atoms with Gasteiger partial charge in [0.25, 0.3) is 0 Å². The standard InChI is InChI=1S/C12H11FN4/c1-17-12(9(14)6-15-17)11-5-7-8(13)3-2-4-10(7)16-11/h2-6,16H,14H2,1H3. The third-order valence-electron chi connectivity index (χ3n) is 2.83. The summed E-state index contributed by atoms with van der Waals surface area (Å²) >= 11 is 0. The van der Waals surface area contributed by atoms with Gasteiger partial charge in [0, 0.05) is 18.0 Å². The van der Waals surface area contributed by atoms with Crippen LogP contribution >= 0.6 is 0 Å². The lowest BCUT2D eigenvalue weighted by Gasteiger charge is -1.99. The predicted octanol–water partition coefficient (Wildman–Crippen LogP) is 2.29. The van der Waals surface area contributed by atoms with Crippen LogP contribution in [0.2, 0.25) is 0 Å². The first kappa shape index (κ1) is 9.89. The maximum atomic E-state index is 13.6. The summed E-state index contributed by atoms with van der Waals surface area (Å²) in [7, 11) is 1.80. The van der Waals surface area contributed by atoms with Crippen molar-refractivity contribution in [1.29, 1.82) is 0 Å². The molecule has 4 nitrogen and oxygen atoms in total. The van der Waals surface area contributed by atoms with Crippen LogP contribution in [-0.2, 0) is 7.05 Å². The molecule has 1 aromatic carbocycles. The topological polar surface area (TPSA) is 59.6 Å². The molecule has 3 aromatic rings. The van der Waals surface area contributed by atoms with E-state index < -0.39 is 0 Å². The fraction of sp³-hybridized carbons (Fsp3) is 0.0833. The van der Waals surface area contributed by atoms with Crippen molar-refractivity contribution in [3.63, 3.8) is 0 Å². The molecule has 3 rings (SSSR count). The summed E-state index contributed by atoms with van der Waals surface area (Å²) in [6.07, 6.45) is 1.58. The van der Waals surface area contributed by atoms with E-state index in [1.807, 2.05) is 6.07 Å². The third kappa shape index (κ3) is 1.39. The lowest BCUT2D eigenvalue weighted by atomic mass is 10.2. The van der Waals surface area contributed by atoms with Crippen LogP contribution in [0, 0.1) is 5.82 Å². The number of H-pyrrole nitrogens is 1. The quantitative estimate of drug-likeness (QED) is 0.673. The van der Waals surface area contributed by atoms with Crippen molar-refractivity contribution in [3.8, 4) is 11.4 Å². The van der Waals surface area contributed by atoms with Crippen LogP contribution in [0.4, 0.5) is 10.1 Å². The Labute approximate surface area is 96.9 Å². The summed E-state index contributed by atoms with van der Waals surface area (Å²) < 4.78 is 15.2. The minimum absolute atomic E-state index is 0.245. The van der Waals surface area contributed by atoms with Crippen molar-refractivity contribution in [1.82, 2.24) is 14.8 Å². The van der Waals surface area contributed by atoms with Gasteiger partial charge in [-0.2, -0.15) is 5.10 Å². The smallest absolute Gasteiger partial charge is 0.132 e. The van der Waals surface area contributed by atoms with Crippen molar-refractivity contribution in [3.05, 3.63) is 36.3 Å². The van der Waals surface area contributed by atoms with Crippen molar-refractivity contribution in [2.45, 2.75) is 0 Å². The predicted molar refractivity (Wildman–Crippen MR) is 64.9 cm³/mol. The van der Waals surface area contributed by atoms with Gasteiger partial charge >= 0.3 is 0 Å². The molecule has 0 saturated heterocycles. The number of nitrogens with two attached hydrogens (primary N) is 1. The maximum Gasteiger partial charge on any atom is 0.132 e. The molecule has 17 heavy (non-hydrogen) atoms. The summed E-state index contributed by atoms with van der Waals surface area (Å²) in [5.74, 6) is -0.245. The number of nitrogens with zero attached hydrogens (tertiary/aromatic N) is 2. The zero-order chi connectivity index (χ0) is 12.0. The zero-order valence-electron chi connectivity index (χ0n) is 9.24. The molecule has 0 saturated carbocycles. The van der Waals surface area contributed by atoms with E-state index in [1.165, 1.54) is 6.07 Å². The molecule has 2 aromatic heterocycles. The van der Waals surface area contributed by atoms with Crippen LogP contribution in [0.15, 0.2) is 30.5 Å². The molecule has 0 aliphatic heterocycles. The number of rotatable bonds is 1. The highest BCUT2D eigenvalue weighted by atomic mass is 19.1. The average molecular weight is 230 g/mol. The van der Waals surface area contributed by atoms with Gasteiger partial charge in [-0.1, -0.05) is 6.07 Å². The highest BCUT2D eigenvalue weighted by Gasteiger charge is 2.12. The summed E-state index contributed by atoms with van der Waals surface area (Å²) in [5, 5.41) is 4.62. The van der Waals surface area contributed by atoms with E-state index in [0.29, 0.717) is 11.1 Å². The fourth-order valence-electron chi connectivity index (χ4n) is 2.03. The average Bonchev–Trinajstić information content (AvgIpc) is 2.84. The fourth-order valence-corrected chi connectivity index (χ4v) is 2.03. The first-order valence-corrected chi connectivity index (χ1v) is 5.22. The molecule has 3 N–H and O–H groups in total. The highest BCUT2D eigenvalue weighted by molar-refractivity contribution is 5.87. The van der Waals surface area contributed by atoms with Gasteiger partial charge in [0.05, 0.1) is 17.6 Å². The molecule has 0 aliphatic carbocycles. The van der Waals surface area contributed by atoms with E-state index in [2.05, 4.69) is 10.1 Å². The van der Waals surface area contributed by atoms with Gasteiger partial charge in [-0.3, -0.25) is 4.68 Å². The van der Waals surface area contributed by atoms with Gasteiger partial charge in [0.2, 0.25) is 0 Å². The number of nitrogen functional groups attached to an aromatic ring is 1. The molecule has 0 atom stereocenters. The number of halogens is 1. The molecule has 0 radical (unpaired) electrons. The molecule has 0 aliphatic rings. The van der Waals surface area contributed by atoms with Gasteiger partial charge in [0.1, 0.15) is 11.5 Å². The van der Waals surface area contributed by atoms with Crippen molar-refractivity contribution < 1.29 is 4.39 Å². The third-order valence-corrected chi connectivity index (χ3v) is 2.83. The van der Waals surface area contributed by atoms with Crippen molar-refractivity contribution in [2.24, 2.45) is 7.05 Å². The number of fused-ring (bicyclic) bond motifs is 1. The number of hydrogen-bond acceptors (Lipinski definition) is 2. The Kier molecular flexibility index (Phi) is 1.95. The largest absolute Gasteiger partial charge is 0.396 e. The second kappa shape index (κ2) is 3.35. The number of benzene rings is 1. The van der Waals surface area contributed by atoms with Crippen LogP contribution in [0.25, 0.3) is 22.3 Å². The first-order chi connectivity index (χ1) is 8.16. The molecular formula is C12H11FN4. The number of aryl methyl sites for hydroxylation is 1. The highest BCUT2D eigenvalue weighted by Crippen LogP contribution is 2.28. The molecule has 0 spiro atoms. The van der Waals surface area contributed by atoms with Gasteiger partial charge < -0.3 is 10.7 Å². The van der Waals surface area contributed by atoms with E-state index in [4.69, 9.17) is 5.73 Å². The number of hydrogen-bond donors (Lipinski definition) is 2. The SMILES string of the molecule is Cn1ncc(N)c1-c1cc2c(F)cccc2[nH]1. The monoisotopic (exact) mass is 230 g/mol. The normalized spacial score (nSPS) is 11.2. The Bertz CT molecular complexity index is 676. The number of anilines is 1. The summed E-state index contributed by atoms with van der Waals surface area (Å²) in [4.78, 5) is 3.14. The van der Waals surface area contributed by atoms with Crippen molar-refractivity contribution >= 4 is 16.6 Å². The lowest BCUT2D eigenvalue weighted by Crippen LogP contribution is -1.95. The number of nitrogens with one attached hydrogen (secondary N) is 1. The van der Waals surface area contributed by atoms with Crippen LogP contribution in [-0.4, -0.2) is 14.8 Å². The minimum Gasteiger partial charge on any atom is -0.396 e. The van der Waals surface area contributed by atoms with Gasteiger partial charge in [-0.25, -0.2) is 4.39 Å². The van der Waals surface area contributed by atoms with Gasteiger partial charge in [-0.15, -0.1) is 0 Å². The van der Waals surface area contributed by atoms with Crippen LogP contribution in [0.3, 0.4) is 0 Å². The first-order valence-electron chi connectivity index (χ1n) is 5.22. The molecule has 0 amide bonds. The van der Waals surface area contributed by atoms with E-state index in [9.17, 15) is 4.39 Å². The second-order valence-corrected chi connectivity index (χ2v) is 3.96. The molecule has 2 heterocycles. The molecule has 0 bridgehead atoms. The molecular weight excluding hydrogens is 219 g/mol. The van der Waals surface area contributed by atoms with Gasteiger partial charge in [-0.05, 0) is 18.2 Å². The summed E-state index contributed by atoms with van der Waals surface area (Å²) in [6.45, 7) is 0. The van der Waals surface area contributed by atoms with Crippen LogP contribution in [0.1, 0.15) is 0 Å². The Balaban J connectivity index is 2.29. The Morgan fingerprint density at radius 3 is 2.88 bits per heavy atom. The Hall–Kier alpha value is -2.30. The molecule has 0 fully saturated rings. The van der Waals surface area contributed by atoms with E-state index >= 15 is 0 Å². The molecule has 0 unspecified atom stereocenters. The van der Waals surface area contributed by atoms with Crippen molar-refractivity contribution in [2.75, 3.05) is 5.73 Å². The second-order valence-electron chi connectivity index (χ2n) is 3.96. The van der Waals surface area contributed by atoms with Crippen LogP contribution in [0.5, 0.6) is 0 Å². The lowest BCUT2D eigenvalue weighted by molar-refractivity contribution is 0.640. The molecule has 5 heteroatoms. The van der Waals surface area contributed by atoms with E-state index in [1.54, 1.807) is 30.1 Å². The molecule has 86 valence electrons. The Morgan fingerprint density at radius 1 is 1.41 bits per heavy atom. The Morgan fingerprint density at radius 2 is 2.24 bits per heavy atom. The number of aromatic amines is 1. The van der Waals surface area contributed by atoms with Gasteiger partial charge in [0.15, 0.2) is 0 Å². The summed E-state index contributed by atoms with van der Waals surface area (Å²) in [5.41, 5.74) is 8.69. The van der Waals surface area contributed by atoms with E-state index in [0.717, 1.165) is 16.9 Å². The zero-order valence-corrected chi connectivity index (χ0v) is 9.24. The van der Waals surface area contributed by atoms with E-state index in [-0.39, 0.29) is 5.82 Å².